The van der Waals surface area contributed by atoms with E-state index in [2.05, 4.69) is 0 Å². The van der Waals surface area contributed by atoms with Gasteiger partial charge in [-0.3, -0.25) is 0 Å². The maximum Gasteiger partial charge on any atom is 0.402 e. The van der Waals surface area contributed by atoms with Crippen LogP contribution in [0.4, 0.5) is 0 Å². The fourth-order valence-corrected chi connectivity index (χ4v) is 10.9. The van der Waals surface area contributed by atoms with Gasteiger partial charge in [-0.25, -0.2) is 9.59 Å². The Morgan fingerprint density at radius 1 is 0.676 bits per heavy atom. The van der Waals surface area contributed by atoms with Crippen LogP contribution in [0.15, 0.2) is 45.8 Å². The number of allylic oxidation sites excluding steroid dienone is 2. The van der Waals surface area contributed by atoms with Gasteiger partial charge in [0.15, 0.2) is 0 Å². The van der Waals surface area contributed by atoms with Gasteiger partial charge in [-0.1, -0.05) is 51.0 Å². The number of carboxylic acids is 2. The van der Waals surface area contributed by atoms with Crippen molar-refractivity contribution in [3.63, 3.8) is 0 Å². The van der Waals surface area contributed by atoms with Crippen LogP contribution in [0.25, 0.3) is 0 Å². The molecule has 8 nitrogen and oxygen atoms in total. The number of hydrogen-bond acceptors (Lipinski definition) is 6. The normalized spacial score (nSPS) is 13.9. The average molecular weight is 511 g/mol. The third-order valence-electron chi connectivity index (χ3n) is 6.14. The minimum atomic E-state index is -3.25. The number of benzene rings is 1. The Kier molecular flexibility index (Phi) is 11.6. The summed E-state index contributed by atoms with van der Waals surface area (Å²) in [4.78, 5) is 23.6. The predicted molar refractivity (Wildman–Crippen MR) is 136 cm³/mol. The molecule has 1 aromatic carbocycles. The highest BCUT2D eigenvalue weighted by molar-refractivity contribution is 6.89. The number of carbonyl (C=O) groups is 2. The second kappa shape index (κ2) is 13.1. The molecule has 2 N–H and O–H groups in total. The average Bonchev–Trinajstić information content (AvgIpc) is 2.84. The first-order chi connectivity index (χ1) is 16.1. The molecule has 0 amide bonds. The van der Waals surface area contributed by atoms with Gasteiger partial charge in [0.05, 0.1) is 0 Å². The molecule has 0 radical (unpaired) electrons. The van der Waals surface area contributed by atoms with E-state index < -0.39 is 29.1 Å². The molecular formula is C24H38O8Si2. The lowest BCUT2D eigenvalue weighted by atomic mass is 10.2. The lowest BCUT2D eigenvalue weighted by Crippen LogP contribution is -2.58. The third kappa shape index (κ3) is 5.76. The Bertz CT molecular complexity index is 838. The van der Waals surface area contributed by atoms with Gasteiger partial charge in [-0.15, -0.1) is 0 Å². The first-order valence-corrected chi connectivity index (χ1v) is 14.9. The van der Waals surface area contributed by atoms with Crippen LogP contribution in [-0.2, 0) is 27.3 Å². The van der Waals surface area contributed by atoms with Crippen molar-refractivity contribution in [1.82, 2.24) is 0 Å². The molecule has 0 atom stereocenters. The summed E-state index contributed by atoms with van der Waals surface area (Å²) in [5.74, 6) is -2.01. The van der Waals surface area contributed by atoms with Gasteiger partial charge >= 0.3 is 29.1 Å². The monoisotopic (exact) mass is 510 g/mol. The highest BCUT2D eigenvalue weighted by Crippen LogP contribution is 2.28. The summed E-state index contributed by atoms with van der Waals surface area (Å²) < 4.78 is 23.8. The molecule has 0 spiro atoms. The van der Waals surface area contributed by atoms with Crippen molar-refractivity contribution in [2.24, 2.45) is 0 Å². The summed E-state index contributed by atoms with van der Waals surface area (Å²) in [6.07, 6.45) is 2.54. The van der Waals surface area contributed by atoms with Gasteiger partial charge in [0.2, 0.25) is 0 Å². The predicted octanol–water partition coefficient (Wildman–Crippen LogP) is 3.05. The molecule has 0 heterocycles. The van der Waals surface area contributed by atoms with Crippen LogP contribution in [-0.4, -0.2) is 67.7 Å². The smallest absolute Gasteiger partial charge is 0.402 e. The van der Waals surface area contributed by atoms with Crippen LogP contribution in [0.5, 0.6) is 0 Å². The minimum absolute atomic E-state index is 0.226. The summed E-state index contributed by atoms with van der Waals surface area (Å²) >= 11 is 0. The Balaban J connectivity index is 3.81. The van der Waals surface area contributed by atoms with Crippen molar-refractivity contribution in [1.29, 1.82) is 0 Å². The van der Waals surface area contributed by atoms with Crippen molar-refractivity contribution in [2.45, 2.75) is 53.4 Å². The summed E-state index contributed by atoms with van der Waals surface area (Å²) in [6, 6.07) is 7.38. The molecule has 1 rings (SSSR count). The fraction of sp³-hybridized carbons (Fsp3) is 0.500. The van der Waals surface area contributed by atoms with E-state index in [9.17, 15) is 19.8 Å². The van der Waals surface area contributed by atoms with Gasteiger partial charge < -0.3 is 27.9 Å². The fourth-order valence-electron chi connectivity index (χ4n) is 4.34. The molecule has 0 aliphatic rings. The zero-order chi connectivity index (χ0) is 26.1. The van der Waals surface area contributed by atoms with E-state index in [1.807, 2.05) is 38.1 Å². The third-order valence-corrected chi connectivity index (χ3v) is 13.5. The maximum atomic E-state index is 11.8. The summed E-state index contributed by atoms with van der Waals surface area (Å²) in [6.45, 7) is 7.11. The van der Waals surface area contributed by atoms with E-state index in [1.165, 1.54) is 28.4 Å². The zero-order valence-electron chi connectivity index (χ0n) is 21.5. The Labute approximate surface area is 204 Å². The summed E-state index contributed by atoms with van der Waals surface area (Å²) in [5, 5.41) is 22.2. The van der Waals surface area contributed by atoms with Crippen LogP contribution in [0.3, 0.4) is 0 Å². The molecule has 34 heavy (non-hydrogen) atoms. The van der Waals surface area contributed by atoms with E-state index in [1.54, 1.807) is 13.8 Å². The molecule has 0 fully saturated rings. The first kappa shape index (κ1) is 29.9. The molecule has 0 aromatic heterocycles. The molecule has 1 aromatic rings. The molecule has 0 saturated heterocycles. The molecule has 0 aliphatic heterocycles. The highest BCUT2D eigenvalue weighted by atomic mass is 28.4. The van der Waals surface area contributed by atoms with E-state index in [4.69, 9.17) is 17.7 Å². The molecule has 0 bridgehead atoms. The van der Waals surface area contributed by atoms with E-state index in [0.717, 1.165) is 23.2 Å². The highest BCUT2D eigenvalue weighted by Gasteiger charge is 2.47. The summed E-state index contributed by atoms with van der Waals surface area (Å²) in [7, 11) is -0.357. The largest absolute Gasteiger partial charge is 0.478 e. The number of rotatable bonds is 14. The van der Waals surface area contributed by atoms with Gasteiger partial charge in [-0.05, 0) is 47.5 Å². The van der Waals surface area contributed by atoms with Crippen LogP contribution < -0.4 is 10.4 Å². The van der Waals surface area contributed by atoms with Crippen LogP contribution in [0.1, 0.15) is 53.4 Å². The van der Waals surface area contributed by atoms with Gasteiger partial charge in [0.1, 0.15) is 0 Å². The quantitative estimate of drug-likeness (QED) is 0.290. The lowest BCUT2D eigenvalue weighted by Gasteiger charge is -2.33. The topological polar surface area (TPSA) is 112 Å². The Hall–Kier alpha value is -2.09. The number of carboxylic acid groups (broad SMARTS) is 2. The molecule has 0 aliphatic carbocycles. The standard InChI is InChI=1S/C24H38O8Si2/c1-9-11-21(17(3)23(25)26)33(29-5,30-6)19-13-15-20(16-14-19)34(31-7,32-8)22(12-10-2)18(4)24(27)28/h13-16H,9-12H2,1-8H3,(H,25,26)(H,27,28). The molecular weight excluding hydrogens is 472 g/mol. The molecule has 0 unspecified atom stereocenters. The number of aliphatic carboxylic acids is 2. The van der Waals surface area contributed by atoms with Crippen molar-refractivity contribution in [2.75, 3.05) is 28.4 Å². The Morgan fingerprint density at radius 2 is 0.941 bits per heavy atom. The zero-order valence-corrected chi connectivity index (χ0v) is 23.5. The van der Waals surface area contributed by atoms with Crippen LogP contribution >= 0.6 is 0 Å². The maximum absolute atomic E-state index is 11.8. The number of hydrogen-bond donors (Lipinski definition) is 2. The molecule has 10 heteroatoms. The van der Waals surface area contributed by atoms with Gasteiger partial charge in [0, 0.05) is 39.6 Å². The Morgan fingerprint density at radius 3 is 1.12 bits per heavy atom. The van der Waals surface area contributed by atoms with Crippen molar-refractivity contribution in [3.8, 4) is 0 Å². The second-order valence-electron chi connectivity index (χ2n) is 7.94. The molecule has 190 valence electrons. The van der Waals surface area contributed by atoms with Gasteiger partial charge in [-0.2, -0.15) is 0 Å². The lowest BCUT2D eigenvalue weighted by molar-refractivity contribution is -0.133. The van der Waals surface area contributed by atoms with E-state index in [0.29, 0.717) is 23.2 Å². The van der Waals surface area contributed by atoms with E-state index >= 15 is 0 Å². The summed E-state index contributed by atoms with van der Waals surface area (Å²) in [5.41, 5.74) is 0.452. The second-order valence-corrected chi connectivity index (χ2v) is 14.4. The molecule has 0 saturated carbocycles. The minimum Gasteiger partial charge on any atom is -0.478 e. The van der Waals surface area contributed by atoms with Crippen LogP contribution in [0, 0.1) is 0 Å². The van der Waals surface area contributed by atoms with E-state index in [-0.39, 0.29) is 11.1 Å². The SMILES string of the molecule is CCCC(=C(C)C(=O)O)[Si](OC)(OC)c1ccc([Si](OC)(OC)C(CCC)=C(C)C(=O)O)cc1. The van der Waals surface area contributed by atoms with Crippen molar-refractivity contribution >= 4 is 39.4 Å². The van der Waals surface area contributed by atoms with Crippen molar-refractivity contribution in [3.05, 3.63) is 45.8 Å². The van der Waals surface area contributed by atoms with Crippen LogP contribution in [0.2, 0.25) is 0 Å². The van der Waals surface area contributed by atoms with Gasteiger partial charge in [0.25, 0.3) is 0 Å². The van der Waals surface area contributed by atoms with Crippen molar-refractivity contribution < 1.29 is 37.5 Å². The first-order valence-electron chi connectivity index (χ1n) is 11.2.